The Morgan fingerprint density at radius 1 is 1.20 bits per heavy atom. The Kier molecular flexibility index (Phi) is 4.88. The number of hydrogen-bond acceptors (Lipinski definition) is 4. The van der Waals surface area contributed by atoms with Gasteiger partial charge in [-0.05, 0) is 55.5 Å². The molecule has 0 fully saturated rings. The third-order valence-corrected chi connectivity index (χ3v) is 3.92. The number of halogens is 1. The third-order valence-electron chi connectivity index (χ3n) is 3.92. The fourth-order valence-corrected chi connectivity index (χ4v) is 2.33. The van der Waals surface area contributed by atoms with Crippen molar-refractivity contribution in [1.82, 2.24) is 4.90 Å². The molecule has 1 aromatic carbocycles. The maximum Gasteiger partial charge on any atom is 0.289 e. The highest BCUT2D eigenvalue weighted by Gasteiger charge is 2.23. The van der Waals surface area contributed by atoms with Crippen LogP contribution in [-0.2, 0) is 6.61 Å². The molecule has 2 aromatic heterocycles. The van der Waals surface area contributed by atoms with E-state index in [1.165, 1.54) is 24.3 Å². The van der Waals surface area contributed by atoms with Crippen LogP contribution in [0.5, 0.6) is 5.75 Å². The van der Waals surface area contributed by atoms with E-state index >= 15 is 0 Å². The summed E-state index contributed by atoms with van der Waals surface area (Å²) in [6, 6.07) is 12.4. The van der Waals surface area contributed by atoms with Gasteiger partial charge in [-0.2, -0.15) is 0 Å². The molecule has 3 rings (SSSR count). The lowest BCUT2D eigenvalue weighted by molar-refractivity contribution is 0.0690. The van der Waals surface area contributed by atoms with Crippen LogP contribution < -0.4 is 4.74 Å². The van der Waals surface area contributed by atoms with Gasteiger partial charge in [-0.15, -0.1) is 0 Å². The number of benzene rings is 1. The third kappa shape index (κ3) is 3.91. The van der Waals surface area contributed by atoms with Crippen LogP contribution in [0.4, 0.5) is 4.39 Å². The highest BCUT2D eigenvalue weighted by molar-refractivity contribution is 5.91. The van der Waals surface area contributed by atoms with Crippen molar-refractivity contribution in [3.05, 3.63) is 77.9 Å². The summed E-state index contributed by atoms with van der Waals surface area (Å²) in [5, 5.41) is 0. The minimum Gasteiger partial charge on any atom is -0.486 e. The summed E-state index contributed by atoms with van der Waals surface area (Å²) in [6.07, 6.45) is 1.57. The van der Waals surface area contributed by atoms with E-state index in [0.717, 1.165) is 0 Å². The average molecular weight is 343 g/mol. The average Bonchev–Trinajstić information content (AvgIpc) is 3.31. The first-order chi connectivity index (χ1) is 12.0. The number of carbonyl (C=O) groups is 1. The molecule has 3 aromatic rings. The lowest BCUT2D eigenvalue weighted by atomic mass is 10.2. The van der Waals surface area contributed by atoms with E-state index in [1.807, 2.05) is 13.0 Å². The maximum atomic E-state index is 12.9. The van der Waals surface area contributed by atoms with Crippen LogP contribution in [0.2, 0.25) is 0 Å². The van der Waals surface area contributed by atoms with E-state index < -0.39 is 0 Å². The number of furan rings is 2. The smallest absolute Gasteiger partial charge is 0.289 e. The maximum absolute atomic E-state index is 12.9. The monoisotopic (exact) mass is 343 g/mol. The first kappa shape index (κ1) is 16.8. The van der Waals surface area contributed by atoms with Gasteiger partial charge >= 0.3 is 0 Å². The molecule has 0 spiro atoms. The number of nitrogens with zero attached hydrogens (tertiary/aromatic N) is 1. The predicted molar refractivity (Wildman–Crippen MR) is 88.7 cm³/mol. The van der Waals surface area contributed by atoms with Crippen LogP contribution in [0.1, 0.15) is 35.0 Å². The lowest BCUT2D eigenvalue weighted by Gasteiger charge is -2.22. The molecule has 0 radical (unpaired) electrons. The second-order valence-electron chi connectivity index (χ2n) is 5.62. The molecule has 0 aliphatic heterocycles. The van der Waals surface area contributed by atoms with Gasteiger partial charge in [0.15, 0.2) is 5.76 Å². The van der Waals surface area contributed by atoms with Crippen molar-refractivity contribution >= 4 is 5.91 Å². The Balaban J connectivity index is 1.62. The van der Waals surface area contributed by atoms with Gasteiger partial charge in [0.1, 0.15) is 29.7 Å². The molecule has 6 heteroatoms. The van der Waals surface area contributed by atoms with Crippen LogP contribution in [0.3, 0.4) is 0 Å². The Morgan fingerprint density at radius 3 is 2.64 bits per heavy atom. The molecule has 1 unspecified atom stereocenters. The summed E-state index contributed by atoms with van der Waals surface area (Å²) < 4.78 is 29.3. The molecule has 25 heavy (non-hydrogen) atoms. The van der Waals surface area contributed by atoms with Gasteiger partial charge in [-0.1, -0.05) is 0 Å². The standard InChI is InChI=1S/C19H18FNO4/c1-13(17-4-3-11-23-17)21(2)19(22)18-10-9-16(25-18)12-24-15-7-5-14(20)6-8-15/h3-11,13H,12H2,1-2H3. The largest absolute Gasteiger partial charge is 0.486 e. The molecule has 0 bridgehead atoms. The fourth-order valence-electron chi connectivity index (χ4n) is 2.33. The molecule has 1 atom stereocenters. The second kappa shape index (κ2) is 7.25. The Bertz CT molecular complexity index is 823. The second-order valence-corrected chi connectivity index (χ2v) is 5.62. The van der Waals surface area contributed by atoms with Crippen molar-refractivity contribution in [2.45, 2.75) is 19.6 Å². The molecule has 0 N–H and O–H groups in total. The first-order valence-electron chi connectivity index (χ1n) is 7.82. The Morgan fingerprint density at radius 2 is 1.96 bits per heavy atom. The molecule has 0 aliphatic rings. The fraction of sp³-hybridized carbons (Fsp3) is 0.211. The van der Waals surface area contributed by atoms with Crippen LogP contribution in [-0.4, -0.2) is 17.9 Å². The van der Waals surface area contributed by atoms with Crippen molar-refractivity contribution in [3.63, 3.8) is 0 Å². The van der Waals surface area contributed by atoms with Gasteiger partial charge in [0.25, 0.3) is 5.91 Å². The van der Waals surface area contributed by atoms with Crippen molar-refractivity contribution in [2.24, 2.45) is 0 Å². The summed E-state index contributed by atoms with van der Waals surface area (Å²) in [5.41, 5.74) is 0. The minimum absolute atomic E-state index is 0.149. The van der Waals surface area contributed by atoms with Crippen molar-refractivity contribution < 1.29 is 22.8 Å². The van der Waals surface area contributed by atoms with Crippen LogP contribution in [0.25, 0.3) is 0 Å². The van der Waals surface area contributed by atoms with E-state index in [2.05, 4.69) is 0 Å². The molecular weight excluding hydrogens is 325 g/mol. The van der Waals surface area contributed by atoms with Gasteiger partial charge in [0.05, 0.1) is 12.3 Å². The van der Waals surface area contributed by atoms with E-state index in [9.17, 15) is 9.18 Å². The molecule has 0 saturated carbocycles. The normalized spacial score (nSPS) is 12.0. The molecule has 0 saturated heterocycles. The topological polar surface area (TPSA) is 55.8 Å². The van der Waals surface area contributed by atoms with E-state index in [1.54, 1.807) is 36.4 Å². The number of carbonyl (C=O) groups excluding carboxylic acids is 1. The Labute approximate surface area is 144 Å². The SMILES string of the molecule is CC(c1ccco1)N(C)C(=O)c1ccc(COc2ccc(F)cc2)o1. The van der Waals surface area contributed by atoms with Gasteiger partial charge in [-0.3, -0.25) is 4.79 Å². The number of hydrogen-bond donors (Lipinski definition) is 0. The van der Waals surface area contributed by atoms with Gasteiger partial charge < -0.3 is 18.5 Å². The molecule has 1 amide bonds. The van der Waals surface area contributed by atoms with E-state index in [4.69, 9.17) is 13.6 Å². The molecular formula is C19H18FNO4. The van der Waals surface area contributed by atoms with Crippen molar-refractivity contribution in [3.8, 4) is 5.75 Å². The highest BCUT2D eigenvalue weighted by Crippen LogP contribution is 2.22. The molecule has 2 heterocycles. The van der Waals surface area contributed by atoms with Gasteiger partial charge in [0.2, 0.25) is 0 Å². The van der Waals surface area contributed by atoms with E-state index in [0.29, 0.717) is 17.3 Å². The lowest BCUT2D eigenvalue weighted by Crippen LogP contribution is -2.29. The summed E-state index contributed by atoms with van der Waals surface area (Å²) >= 11 is 0. The van der Waals surface area contributed by atoms with Crippen molar-refractivity contribution in [2.75, 3.05) is 7.05 Å². The van der Waals surface area contributed by atoms with Crippen molar-refractivity contribution in [1.29, 1.82) is 0 Å². The highest BCUT2D eigenvalue weighted by atomic mass is 19.1. The minimum atomic E-state index is -0.327. The van der Waals surface area contributed by atoms with Crippen LogP contribution in [0.15, 0.2) is 63.6 Å². The predicted octanol–water partition coefficient (Wildman–Crippen LogP) is 4.42. The van der Waals surface area contributed by atoms with Crippen LogP contribution >= 0.6 is 0 Å². The number of ether oxygens (including phenoxy) is 1. The molecule has 0 aliphatic carbocycles. The first-order valence-corrected chi connectivity index (χ1v) is 7.82. The zero-order valence-electron chi connectivity index (χ0n) is 13.9. The summed E-state index contributed by atoms with van der Waals surface area (Å²) in [4.78, 5) is 14.1. The Hall–Kier alpha value is -3.02. The summed E-state index contributed by atoms with van der Waals surface area (Å²) in [6.45, 7) is 2.02. The summed E-state index contributed by atoms with van der Waals surface area (Å²) in [7, 11) is 1.69. The molecule has 5 nitrogen and oxygen atoms in total. The van der Waals surface area contributed by atoms with Gasteiger partial charge in [0, 0.05) is 7.05 Å². The van der Waals surface area contributed by atoms with E-state index in [-0.39, 0.29) is 30.1 Å². The zero-order valence-corrected chi connectivity index (χ0v) is 13.9. The molecule has 130 valence electrons. The zero-order chi connectivity index (χ0) is 17.8. The number of amides is 1. The quantitative estimate of drug-likeness (QED) is 0.665. The van der Waals surface area contributed by atoms with Crippen LogP contribution in [0, 0.1) is 5.82 Å². The van der Waals surface area contributed by atoms with Gasteiger partial charge in [-0.25, -0.2) is 4.39 Å². The summed E-state index contributed by atoms with van der Waals surface area (Å²) in [5.74, 6) is 1.37. The number of rotatable bonds is 6.